The Bertz CT molecular complexity index is 1270. The van der Waals surface area contributed by atoms with E-state index in [0.717, 1.165) is 5.56 Å². The highest BCUT2D eigenvalue weighted by Gasteiger charge is 2.16. The summed E-state index contributed by atoms with van der Waals surface area (Å²) in [5.74, 6) is -0.403. The zero-order valence-electron chi connectivity index (χ0n) is 15.2. The summed E-state index contributed by atoms with van der Waals surface area (Å²) in [4.78, 5) is 16.4. The quantitative estimate of drug-likeness (QED) is 0.398. The molecule has 2 aromatic heterocycles. The Hall–Kier alpha value is -3.21. The van der Waals surface area contributed by atoms with Crippen molar-refractivity contribution in [3.05, 3.63) is 76.9 Å². The van der Waals surface area contributed by atoms with Crippen LogP contribution >= 0.6 is 22.9 Å². The number of carbonyl (C=O) groups is 1. The van der Waals surface area contributed by atoms with E-state index in [1.807, 2.05) is 0 Å². The summed E-state index contributed by atoms with van der Waals surface area (Å²) in [5.41, 5.74) is 2.13. The highest BCUT2D eigenvalue weighted by molar-refractivity contribution is 7.93. The van der Waals surface area contributed by atoms with E-state index in [9.17, 15) is 13.2 Å². The van der Waals surface area contributed by atoms with Crippen molar-refractivity contribution in [2.75, 3.05) is 10.0 Å². The van der Waals surface area contributed by atoms with E-state index in [0.29, 0.717) is 16.4 Å². The number of sulfonamides is 1. The van der Waals surface area contributed by atoms with E-state index in [4.69, 9.17) is 11.6 Å². The third-order valence-corrected chi connectivity index (χ3v) is 6.46. The molecule has 4 aromatic rings. The zero-order valence-corrected chi connectivity index (χ0v) is 17.6. The minimum atomic E-state index is -3.75. The summed E-state index contributed by atoms with van der Waals surface area (Å²) in [7, 11) is -3.75. The van der Waals surface area contributed by atoms with Gasteiger partial charge in [-0.1, -0.05) is 23.7 Å². The van der Waals surface area contributed by atoms with Gasteiger partial charge in [0.2, 0.25) is 0 Å². The Morgan fingerprint density at radius 1 is 1.07 bits per heavy atom. The molecule has 30 heavy (non-hydrogen) atoms. The smallest absolute Gasteiger partial charge is 0.273 e. The molecule has 4 rings (SSSR count). The number of anilines is 2. The minimum absolute atomic E-state index is 0.0577. The molecule has 11 heteroatoms. The maximum atomic E-state index is 12.5. The largest absolute Gasteiger partial charge is 0.321 e. The standard InChI is InChI=1S/C19H14ClN5O3S2/c20-13-3-1-12(2-4-13)16-11-17(24-23-16)18(26)22-14-5-7-15(8-6-14)30(27,28)25-19-21-9-10-29-19/h1-11H,(H,21,25)(H,22,26)(H,23,24). The van der Waals surface area contributed by atoms with Crippen LogP contribution in [0, 0.1) is 0 Å². The van der Waals surface area contributed by atoms with Gasteiger partial charge in [0.25, 0.3) is 15.9 Å². The SMILES string of the molecule is O=C(Nc1ccc(S(=O)(=O)Nc2nccs2)cc1)c1cc(-c2ccc(Cl)cc2)n[nH]1. The lowest BCUT2D eigenvalue weighted by Gasteiger charge is -2.07. The van der Waals surface area contributed by atoms with E-state index in [-0.39, 0.29) is 15.7 Å². The lowest BCUT2D eigenvalue weighted by molar-refractivity contribution is 0.102. The number of benzene rings is 2. The fourth-order valence-corrected chi connectivity index (χ4v) is 4.48. The van der Waals surface area contributed by atoms with E-state index in [2.05, 4.69) is 25.2 Å². The van der Waals surface area contributed by atoms with Gasteiger partial charge in [-0.25, -0.2) is 13.4 Å². The second-order valence-electron chi connectivity index (χ2n) is 6.10. The van der Waals surface area contributed by atoms with Crippen LogP contribution in [0.25, 0.3) is 11.3 Å². The molecule has 0 spiro atoms. The van der Waals surface area contributed by atoms with Crippen LogP contribution in [0.2, 0.25) is 5.02 Å². The highest BCUT2D eigenvalue weighted by atomic mass is 35.5. The molecule has 0 aliphatic rings. The summed E-state index contributed by atoms with van der Waals surface area (Å²) >= 11 is 7.06. The maximum absolute atomic E-state index is 12.5. The second-order valence-corrected chi connectivity index (χ2v) is 9.11. The number of halogens is 1. The van der Waals surface area contributed by atoms with Gasteiger partial charge in [-0.15, -0.1) is 11.3 Å². The van der Waals surface area contributed by atoms with Crippen LogP contribution in [-0.2, 0) is 10.0 Å². The number of carbonyl (C=O) groups excluding carboxylic acids is 1. The van der Waals surface area contributed by atoms with Crippen molar-refractivity contribution < 1.29 is 13.2 Å². The maximum Gasteiger partial charge on any atom is 0.273 e. The predicted molar refractivity (Wildman–Crippen MR) is 116 cm³/mol. The Morgan fingerprint density at radius 3 is 2.47 bits per heavy atom. The molecule has 0 atom stereocenters. The molecule has 0 aliphatic carbocycles. The van der Waals surface area contributed by atoms with Gasteiger partial charge >= 0.3 is 0 Å². The normalized spacial score (nSPS) is 11.2. The van der Waals surface area contributed by atoms with Crippen LogP contribution < -0.4 is 10.0 Å². The Balaban J connectivity index is 1.44. The van der Waals surface area contributed by atoms with Crippen LogP contribution in [0.3, 0.4) is 0 Å². The molecule has 0 saturated heterocycles. The van der Waals surface area contributed by atoms with Gasteiger partial charge in [-0.05, 0) is 42.5 Å². The number of thiazole rings is 1. The molecule has 8 nitrogen and oxygen atoms in total. The van der Waals surface area contributed by atoms with Crippen LogP contribution in [0.4, 0.5) is 10.8 Å². The number of hydrogen-bond donors (Lipinski definition) is 3. The average Bonchev–Trinajstić information content (AvgIpc) is 3.41. The summed E-state index contributed by atoms with van der Waals surface area (Å²) < 4.78 is 27.1. The van der Waals surface area contributed by atoms with Gasteiger partial charge in [0, 0.05) is 27.9 Å². The first-order valence-electron chi connectivity index (χ1n) is 8.56. The van der Waals surface area contributed by atoms with Crippen LogP contribution in [-0.4, -0.2) is 29.5 Å². The van der Waals surface area contributed by atoms with Crippen molar-refractivity contribution in [2.24, 2.45) is 0 Å². The van der Waals surface area contributed by atoms with E-state index in [1.54, 1.807) is 35.7 Å². The van der Waals surface area contributed by atoms with Crippen LogP contribution in [0.15, 0.2) is 71.1 Å². The van der Waals surface area contributed by atoms with Gasteiger partial charge in [0.05, 0.1) is 10.6 Å². The number of nitrogens with zero attached hydrogens (tertiary/aromatic N) is 2. The number of nitrogens with one attached hydrogen (secondary N) is 3. The number of rotatable bonds is 6. The fraction of sp³-hybridized carbons (Fsp3) is 0. The van der Waals surface area contributed by atoms with Crippen molar-refractivity contribution in [1.29, 1.82) is 0 Å². The number of H-pyrrole nitrogens is 1. The summed E-state index contributed by atoms with van der Waals surface area (Å²) in [5, 5.41) is 12.1. The molecule has 1 amide bonds. The molecular weight excluding hydrogens is 446 g/mol. The zero-order chi connectivity index (χ0) is 21.1. The second kappa shape index (κ2) is 8.27. The summed E-state index contributed by atoms with van der Waals surface area (Å²) in [6, 6.07) is 14.5. The number of hydrogen-bond acceptors (Lipinski definition) is 6. The Morgan fingerprint density at radius 2 is 1.80 bits per heavy atom. The fourth-order valence-electron chi connectivity index (χ4n) is 2.57. The van der Waals surface area contributed by atoms with E-state index < -0.39 is 15.9 Å². The van der Waals surface area contributed by atoms with Crippen molar-refractivity contribution in [1.82, 2.24) is 15.2 Å². The van der Waals surface area contributed by atoms with Crippen LogP contribution in [0.1, 0.15) is 10.5 Å². The first-order valence-corrected chi connectivity index (χ1v) is 11.3. The van der Waals surface area contributed by atoms with Gasteiger partial charge in [0.1, 0.15) is 5.69 Å². The van der Waals surface area contributed by atoms with Crippen molar-refractivity contribution in [3.63, 3.8) is 0 Å². The predicted octanol–water partition coefficient (Wildman–Crippen LogP) is 4.24. The number of aromatic amines is 1. The average molecular weight is 460 g/mol. The Kier molecular flexibility index (Phi) is 5.53. The monoisotopic (exact) mass is 459 g/mol. The molecule has 2 aromatic carbocycles. The minimum Gasteiger partial charge on any atom is -0.321 e. The van der Waals surface area contributed by atoms with Crippen molar-refractivity contribution >= 4 is 49.7 Å². The molecule has 0 bridgehead atoms. The van der Waals surface area contributed by atoms with E-state index >= 15 is 0 Å². The van der Waals surface area contributed by atoms with Gasteiger partial charge in [-0.2, -0.15) is 5.10 Å². The first-order chi connectivity index (χ1) is 14.4. The molecular formula is C19H14ClN5O3S2. The molecule has 0 radical (unpaired) electrons. The molecule has 0 aliphatic heterocycles. The highest BCUT2D eigenvalue weighted by Crippen LogP contribution is 2.22. The number of aromatic nitrogens is 3. The third-order valence-electron chi connectivity index (χ3n) is 4.04. The van der Waals surface area contributed by atoms with Crippen molar-refractivity contribution in [2.45, 2.75) is 4.90 Å². The lowest BCUT2D eigenvalue weighted by Crippen LogP contribution is -2.14. The molecule has 0 saturated carbocycles. The lowest BCUT2D eigenvalue weighted by atomic mass is 10.1. The topological polar surface area (TPSA) is 117 Å². The molecule has 0 unspecified atom stereocenters. The molecule has 0 fully saturated rings. The number of amides is 1. The first kappa shape index (κ1) is 20.1. The molecule has 3 N–H and O–H groups in total. The van der Waals surface area contributed by atoms with Crippen LogP contribution in [0.5, 0.6) is 0 Å². The Labute approximate surface area is 181 Å². The summed E-state index contributed by atoms with van der Waals surface area (Å²) in [6.07, 6.45) is 1.51. The van der Waals surface area contributed by atoms with Gasteiger partial charge in [0.15, 0.2) is 5.13 Å². The van der Waals surface area contributed by atoms with E-state index in [1.165, 1.54) is 41.8 Å². The van der Waals surface area contributed by atoms with Gasteiger partial charge in [-0.3, -0.25) is 14.6 Å². The summed E-state index contributed by atoms with van der Waals surface area (Å²) in [6.45, 7) is 0. The van der Waals surface area contributed by atoms with Crippen molar-refractivity contribution in [3.8, 4) is 11.3 Å². The third kappa shape index (κ3) is 4.51. The molecule has 152 valence electrons. The molecule has 2 heterocycles. The van der Waals surface area contributed by atoms with Gasteiger partial charge < -0.3 is 5.32 Å².